The number of hydrogen-bond acceptors (Lipinski definition) is 20. The fourth-order valence-electron chi connectivity index (χ4n) is 4.91. The Labute approximate surface area is 333 Å². The molecule has 1 aliphatic heterocycles. The Bertz CT molecular complexity index is 1960. The van der Waals surface area contributed by atoms with E-state index in [1.807, 2.05) is 0 Å². The van der Waals surface area contributed by atoms with Gasteiger partial charge in [0.05, 0.1) is 26.0 Å². The summed E-state index contributed by atoms with van der Waals surface area (Å²) in [6.07, 6.45) is -7.42. The van der Waals surface area contributed by atoms with Crippen LogP contribution < -0.4 is 16.4 Å². The van der Waals surface area contributed by atoms with Gasteiger partial charge < -0.3 is 55.7 Å². The van der Waals surface area contributed by atoms with Gasteiger partial charge in [0, 0.05) is 43.5 Å². The number of phosphoric ester groups is 3. The van der Waals surface area contributed by atoms with Crippen LogP contribution in [-0.4, -0.2) is 134 Å². The zero-order valence-corrected chi connectivity index (χ0v) is 34.5. The van der Waals surface area contributed by atoms with E-state index in [-0.39, 0.29) is 73.1 Å². The van der Waals surface area contributed by atoms with E-state index >= 15 is 0 Å². The predicted octanol–water partition coefficient (Wildman–Crippen LogP) is -1.01. The average Bonchev–Trinajstić information content (AvgIpc) is 3.67. The van der Waals surface area contributed by atoms with Gasteiger partial charge in [0.2, 0.25) is 11.8 Å². The van der Waals surface area contributed by atoms with E-state index in [0.29, 0.717) is 0 Å². The van der Waals surface area contributed by atoms with Crippen molar-refractivity contribution in [1.29, 1.82) is 0 Å². The molecule has 0 radical (unpaired) electrons. The summed E-state index contributed by atoms with van der Waals surface area (Å²) in [6.45, 7) is 1.52. The van der Waals surface area contributed by atoms with E-state index in [0.717, 1.165) is 29.0 Å². The van der Waals surface area contributed by atoms with E-state index in [1.165, 1.54) is 20.8 Å². The number of nitrogens with zero attached hydrogens (tertiary/aromatic N) is 4. The molecule has 7 atom stereocenters. The SMILES string of the molecule is CC(=O)CCC(=O)CC(=O)SCCNC(=O)CCNC(=O)C(O)C(C)(C)COP(=O)(O)OP(=O)(O)OC[C@H]1O[C@@H](n2cnc3c(N)ncnc32)[C@H](O)[C@@H]1OP(=O)(O)O. The monoisotopic (exact) mass is 907 g/mol. The van der Waals surface area contributed by atoms with Gasteiger partial charge in [-0.25, -0.2) is 28.6 Å². The number of rotatable bonds is 24. The number of anilines is 1. The van der Waals surface area contributed by atoms with Crippen molar-refractivity contribution in [1.82, 2.24) is 30.2 Å². The van der Waals surface area contributed by atoms with E-state index < -0.39 is 89.7 Å². The maximum absolute atomic E-state index is 12.7. The number of carbonyl (C=O) groups is 5. The van der Waals surface area contributed by atoms with Gasteiger partial charge in [-0.05, 0) is 6.92 Å². The molecule has 0 aromatic carbocycles. The summed E-state index contributed by atoms with van der Waals surface area (Å²) in [5, 5.41) is 25.8. The first-order valence-electron chi connectivity index (χ1n) is 16.9. The summed E-state index contributed by atoms with van der Waals surface area (Å²) in [4.78, 5) is 110. The minimum Gasteiger partial charge on any atom is -0.386 e. The van der Waals surface area contributed by atoms with Crippen LogP contribution in [0.4, 0.5) is 5.82 Å². The number of aliphatic hydroxyl groups excluding tert-OH is 2. The van der Waals surface area contributed by atoms with Crippen molar-refractivity contribution in [3.63, 3.8) is 0 Å². The number of phosphoric acid groups is 3. The number of ketones is 2. The topological polar surface area (TPSA) is 398 Å². The predicted molar refractivity (Wildman–Crippen MR) is 197 cm³/mol. The largest absolute Gasteiger partial charge is 0.481 e. The molecule has 0 aliphatic carbocycles. The maximum Gasteiger partial charge on any atom is 0.481 e. The van der Waals surface area contributed by atoms with Crippen LogP contribution in [0.15, 0.2) is 12.7 Å². The van der Waals surface area contributed by atoms with E-state index in [4.69, 9.17) is 19.5 Å². The minimum absolute atomic E-state index is 0.0186. The first kappa shape index (κ1) is 49.3. The third kappa shape index (κ3) is 15.5. The van der Waals surface area contributed by atoms with Crippen LogP contribution in [0.5, 0.6) is 0 Å². The van der Waals surface area contributed by atoms with E-state index in [1.54, 1.807) is 0 Å². The summed E-state index contributed by atoms with van der Waals surface area (Å²) in [5.41, 5.74) is 4.20. The first-order valence-corrected chi connectivity index (χ1v) is 22.4. The molecule has 10 N–H and O–H groups in total. The van der Waals surface area contributed by atoms with E-state index in [2.05, 4.69) is 34.4 Å². The number of aromatic nitrogens is 4. The Morgan fingerprint density at radius 1 is 1.00 bits per heavy atom. The Morgan fingerprint density at radius 3 is 2.33 bits per heavy atom. The van der Waals surface area contributed by atoms with Crippen LogP contribution in [0.1, 0.15) is 52.7 Å². The molecule has 0 spiro atoms. The second kappa shape index (κ2) is 20.9. The molecule has 0 bridgehead atoms. The van der Waals surface area contributed by atoms with Gasteiger partial charge in [-0.1, -0.05) is 25.6 Å². The van der Waals surface area contributed by atoms with E-state index in [9.17, 15) is 67.5 Å². The zero-order chi connectivity index (χ0) is 43.6. The molecule has 30 heteroatoms. The van der Waals surface area contributed by atoms with Gasteiger partial charge in [-0.3, -0.25) is 37.3 Å². The third-order valence-corrected chi connectivity index (χ3v) is 11.8. The molecule has 26 nitrogen and oxygen atoms in total. The molecule has 2 aromatic rings. The van der Waals surface area contributed by atoms with Crippen molar-refractivity contribution in [2.75, 3.05) is 37.8 Å². The quantitative estimate of drug-likeness (QED) is 0.0346. The summed E-state index contributed by atoms with van der Waals surface area (Å²) in [5.74, 6) is -1.97. The van der Waals surface area contributed by atoms with Crippen LogP contribution in [0, 0.1) is 5.41 Å². The molecule has 3 heterocycles. The third-order valence-electron chi connectivity index (χ3n) is 7.86. The van der Waals surface area contributed by atoms with Gasteiger partial charge in [0.15, 0.2) is 22.8 Å². The number of amides is 2. The molecule has 1 saturated heterocycles. The standard InChI is InChI=1S/C28H44N7O19P3S/c1-15(36)4-5-16(37)10-19(39)58-9-8-30-18(38)6-7-31-26(42)23(41)28(2,3)12-51-57(48,49)54-56(46,47)50-11-17-22(53-55(43,44)45)21(40)27(52-17)35-14-34-20-24(29)32-13-33-25(20)35/h13-14,17,21-23,27,40-41H,4-12H2,1-3H3,(H,30,38)(H,31,42)(H,46,47)(H,48,49)(H2,29,32,33)(H2,43,44,45)/t17-,21-,22-,23?,27-/m1/s1. The molecule has 1 aliphatic rings. The van der Waals surface area contributed by atoms with Crippen LogP contribution in [-0.2, 0) is 60.3 Å². The van der Waals surface area contributed by atoms with Crippen molar-refractivity contribution < 1.29 is 90.1 Å². The number of Topliss-reactive ketones (excluding diaryl/α,β-unsaturated/α-hetero) is 2. The fraction of sp³-hybridized carbons (Fsp3) is 0.643. The molecule has 3 rings (SSSR count). The summed E-state index contributed by atoms with van der Waals surface area (Å²) in [7, 11) is -16.5. The van der Waals surface area contributed by atoms with Crippen molar-refractivity contribution in [3.05, 3.63) is 12.7 Å². The first-order chi connectivity index (χ1) is 26.8. The summed E-state index contributed by atoms with van der Waals surface area (Å²) < 4.78 is 62.0. The second-order valence-corrected chi connectivity index (χ2v) is 18.6. The van der Waals surface area contributed by atoms with Gasteiger partial charge in [-0.15, -0.1) is 0 Å². The Morgan fingerprint density at radius 2 is 1.67 bits per heavy atom. The molecule has 3 unspecified atom stereocenters. The lowest BCUT2D eigenvalue weighted by molar-refractivity contribution is -0.137. The molecule has 326 valence electrons. The van der Waals surface area contributed by atoms with Crippen LogP contribution in [0.25, 0.3) is 11.2 Å². The molecular formula is C28H44N7O19P3S. The highest BCUT2D eigenvalue weighted by atomic mass is 32.2. The van der Waals surface area contributed by atoms with Crippen molar-refractivity contribution in [2.24, 2.45) is 5.41 Å². The average molecular weight is 908 g/mol. The van der Waals surface area contributed by atoms with Crippen LogP contribution in [0.3, 0.4) is 0 Å². The Hall–Kier alpha value is -3.10. The number of imidazole rings is 1. The Balaban J connectivity index is 1.46. The molecule has 58 heavy (non-hydrogen) atoms. The van der Waals surface area contributed by atoms with Gasteiger partial charge in [0.25, 0.3) is 0 Å². The van der Waals surface area contributed by atoms with Crippen molar-refractivity contribution in [3.8, 4) is 0 Å². The summed E-state index contributed by atoms with van der Waals surface area (Å²) >= 11 is 0.827. The van der Waals surface area contributed by atoms with Gasteiger partial charge in [-0.2, -0.15) is 4.31 Å². The highest BCUT2D eigenvalue weighted by Gasteiger charge is 2.50. The number of ether oxygens (including phenoxy) is 1. The normalized spacial score (nSPS) is 21.2. The number of thioether (sulfide) groups is 1. The number of nitrogens with one attached hydrogen (secondary N) is 2. The van der Waals surface area contributed by atoms with Crippen molar-refractivity contribution in [2.45, 2.75) is 77.1 Å². The molecular weight excluding hydrogens is 863 g/mol. The fourth-order valence-corrected chi connectivity index (χ4v) is 8.43. The smallest absolute Gasteiger partial charge is 0.386 e. The number of carbonyl (C=O) groups excluding carboxylic acids is 5. The van der Waals surface area contributed by atoms with Gasteiger partial charge >= 0.3 is 23.5 Å². The molecule has 2 amide bonds. The number of aliphatic hydroxyl groups is 2. The number of hydrogen-bond donors (Lipinski definition) is 9. The van der Waals surface area contributed by atoms with Gasteiger partial charge in [0.1, 0.15) is 47.8 Å². The lowest BCUT2D eigenvalue weighted by Gasteiger charge is -2.30. The lowest BCUT2D eigenvalue weighted by atomic mass is 9.87. The maximum atomic E-state index is 12.7. The van der Waals surface area contributed by atoms with Crippen LogP contribution in [0.2, 0.25) is 0 Å². The number of nitrogen functional groups attached to an aromatic ring is 1. The highest BCUT2D eigenvalue weighted by Crippen LogP contribution is 2.61. The molecule has 0 saturated carbocycles. The Kier molecular flexibility index (Phi) is 17.8. The number of nitrogens with two attached hydrogens (primary N) is 1. The molecule has 2 aromatic heterocycles. The number of fused-ring (bicyclic) bond motifs is 1. The second-order valence-electron chi connectivity index (χ2n) is 13.2. The molecule has 1 fully saturated rings. The minimum atomic E-state index is -5.59. The zero-order valence-electron chi connectivity index (χ0n) is 31.0. The summed E-state index contributed by atoms with van der Waals surface area (Å²) in [6, 6.07) is 0. The highest BCUT2D eigenvalue weighted by molar-refractivity contribution is 8.13. The van der Waals surface area contributed by atoms with Crippen LogP contribution >= 0.6 is 35.2 Å². The lowest BCUT2D eigenvalue weighted by Crippen LogP contribution is -2.46. The van der Waals surface area contributed by atoms with Crippen molar-refractivity contribution >= 4 is 80.7 Å².